The third-order valence-corrected chi connectivity index (χ3v) is 3.57. The van der Waals surface area contributed by atoms with Gasteiger partial charge in [0, 0.05) is 13.1 Å². The van der Waals surface area contributed by atoms with Crippen LogP contribution in [0.1, 0.15) is 23.9 Å². The van der Waals surface area contributed by atoms with Gasteiger partial charge in [0.05, 0.1) is 5.41 Å². The number of likely N-dealkylation sites (tertiary alicyclic amines) is 1. The molecular weight excluding hydrogens is 288 g/mol. The van der Waals surface area contributed by atoms with Crippen molar-refractivity contribution in [3.63, 3.8) is 0 Å². The summed E-state index contributed by atoms with van der Waals surface area (Å²) in [5.74, 6) is -0.306. The van der Waals surface area contributed by atoms with E-state index in [4.69, 9.17) is 10.2 Å². The highest BCUT2D eigenvalue weighted by atomic mass is 79.9. The molecule has 1 aliphatic rings. The van der Waals surface area contributed by atoms with Crippen molar-refractivity contribution in [3.8, 4) is 0 Å². The highest BCUT2D eigenvalue weighted by molar-refractivity contribution is 9.10. The molecule has 1 fully saturated rings. The molecule has 6 heteroatoms. The normalized spacial score (nSPS) is 24.0. The van der Waals surface area contributed by atoms with E-state index in [-0.39, 0.29) is 17.6 Å². The molecule has 1 unspecified atom stereocenters. The third-order valence-electron chi connectivity index (χ3n) is 3.14. The summed E-state index contributed by atoms with van der Waals surface area (Å²) in [4.78, 5) is 24.9. The first kappa shape index (κ1) is 12.2. The number of hydrogen-bond acceptors (Lipinski definition) is 3. The van der Waals surface area contributed by atoms with E-state index in [9.17, 15) is 9.59 Å². The lowest BCUT2D eigenvalue weighted by atomic mass is 9.89. The molecule has 2 N–H and O–H groups in total. The van der Waals surface area contributed by atoms with Crippen LogP contribution in [0.4, 0.5) is 0 Å². The molecule has 1 saturated heterocycles. The van der Waals surface area contributed by atoms with Gasteiger partial charge in [-0.2, -0.15) is 0 Å². The molecule has 1 aromatic heterocycles. The number of nitrogens with zero attached hydrogens (tertiary/aromatic N) is 1. The second kappa shape index (κ2) is 4.18. The van der Waals surface area contributed by atoms with Gasteiger partial charge >= 0.3 is 0 Å². The number of furan rings is 1. The highest BCUT2D eigenvalue weighted by Gasteiger charge is 2.41. The molecule has 92 valence electrons. The zero-order chi connectivity index (χ0) is 12.6. The van der Waals surface area contributed by atoms with Gasteiger partial charge in [-0.1, -0.05) is 0 Å². The predicted molar refractivity (Wildman–Crippen MR) is 64.2 cm³/mol. The van der Waals surface area contributed by atoms with Crippen LogP contribution in [0.2, 0.25) is 0 Å². The van der Waals surface area contributed by atoms with Crippen molar-refractivity contribution in [2.45, 2.75) is 13.3 Å². The van der Waals surface area contributed by atoms with Crippen LogP contribution in [0.5, 0.6) is 0 Å². The zero-order valence-electron chi connectivity index (χ0n) is 9.40. The Morgan fingerprint density at radius 2 is 2.24 bits per heavy atom. The quantitative estimate of drug-likeness (QED) is 0.896. The van der Waals surface area contributed by atoms with E-state index in [1.165, 1.54) is 0 Å². The molecule has 0 saturated carbocycles. The minimum absolute atomic E-state index is 0.208. The minimum Gasteiger partial charge on any atom is -0.444 e. The van der Waals surface area contributed by atoms with E-state index in [1.54, 1.807) is 24.0 Å². The standard InChI is InChI=1S/C11H13BrN2O3/c1-11(10(13)16)4-5-14(6-11)9(15)7-2-3-8(12)17-7/h2-3H,4-6H2,1H3,(H2,13,16). The summed E-state index contributed by atoms with van der Waals surface area (Å²) in [6.07, 6.45) is 0.593. The molecule has 2 rings (SSSR count). The number of carbonyl (C=O) groups is 2. The van der Waals surface area contributed by atoms with Crippen LogP contribution in [-0.2, 0) is 4.79 Å². The van der Waals surface area contributed by atoms with Crippen molar-refractivity contribution in [1.29, 1.82) is 0 Å². The molecular formula is C11H13BrN2O3. The van der Waals surface area contributed by atoms with E-state index in [1.807, 2.05) is 0 Å². The molecule has 0 bridgehead atoms. The van der Waals surface area contributed by atoms with Crippen molar-refractivity contribution in [1.82, 2.24) is 4.90 Å². The van der Waals surface area contributed by atoms with E-state index in [0.717, 1.165) is 0 Å². The van der Waals surface area contributed by atoms with Crippen LogP contribution in [0.15, 0.2) is 21.2 Å². The molecule has 1 atom stereocenters. The number of halogens is 1. The van der Waals surface area contributed by atoms with Gasteiger partial charge in [-0.3, -0.25) is 9.59 Å². The van der Waals surface area contributed by atoms with Crippen LogP contribution in [0.3, 0.4) is 0 Å². The largest absolute Gasteiger partial charge is 0.444 e. The first-order valence-corrected chi connectivity index (χ1v) is 6.06. The Balaban J connectivity index is 2.11. The maximum absolute atomic E-state index is 12.0. The van der Waals surface area contributed by atoms with Crippen molar-refractivity contribution in [2.24, 2.45) is 11.1 Å². The Kier molecular flexibility index (Phi) is 2.99. The van der Waals surface area contributed by atoms with Gasteiger partial charge < -0.3 is 15.1 Å². The lowest BCUT2D eigenvalue weighted by Crippen LogP contribution is -2.38. The number of primary amides is 1. The zero-order valence-corrected chi connectivity index (χ0v) is 11.0. The van der Waals surface area contributed by atoms with E-state index >= 15 is 0 Å². The van der Waals surface area contributed by atoms with Crippen LogP contribution in [-0.4, -0.2) is 29.8 Å². The summed E-state index contributed by atoms with van der Waals surface area (Å²) in [5, 5.41) is 0. The minimum atomic E-state index is -0.626. The Labute approximate surface area is 107 Å². The molecule has 1 aromatic rings. The molecule has 2 heterocycles. The lowest BCUT2D eigenvalue weighted by Gasteiger charge is -2.20. The smallest absolute Gasteiger partial charge is 0.289 e. The average Bonchev–Trinajstić information content (AvgIpc) is 2.85. The van der Waals surface area contributed by atoms with E-state index in [0.29, 0.717) is 24.2 Å². The van der Waals surface area contributed by atoms with Gasteiger partial charge in [0.2, 0.25) is 5.91 Å². The molecule has 0 aliphatic carbocycles. The number of nitrogens with two attached hydrogens (primary N) is 1. The summed E-state index contributed by atoms with van der Waals surface area (Å²) in [6, 6.07) is 3.27. The van der Waals surface area contributed by atoms with Crippen molar-refractivity contribution >= 4 is 27.7 Å². The third kappa shape index (κ3) is 2.22. The first-order chi connectivity index (χ1) is 7.92. The molecule has 0 radical (unpaired) electrons. The Bertz CT molecular complexity index is 471. The predicted octanol–water partition coefficient (Wildman–Crippen LogP) is 1.38. The number of hydrogen-bond donors (Lipinski definition) is 1. The Morgan fingerprint density at radius 1 is 1.53 bits per heavy atom. The maximum Gasteiger partial charge on any atom is 0.289 e. The summed E-state index contributed by atoms with van der Waals surface area (Å²) < 4.78 is 5.71. The second-order valence-electron chi connectivity index (χ2n) is 4.51. The van der Waals surface area contributed by atoms with Crippen molar-refractivity contribution < 1.29 is 14.0 Å². The molecule has 0 spiro atoms. The monoisotopic (exact) mass is 300 g/mol. The summed E-state index contributed by atoms with van der Waals surface area (Å²) in [5.41, 5.74) is 4.70. The fraction of sp³-hybridized carbons (Fsp3) is 0.455. The molecule has 2 amide bonds. The molecule has 17 heavy (non-hydrogen) atoms. The molecule has 0 aromatic carbocycles. The van der Waals surface area contributed by atoms with Gasteiger partial charge in [-0.25, -0.2) is 0 Å². The average molecular weight is 301 g/mol. The Hall–Kier alpha value is -1.30. The molecule has 5 nitrogen and oxygen atoms in total. The van der Waals surface area contributed by atoms with Crippen molar-refractivity contribution in [2.75, 3.05) is 13.1 Å². The number of rotatable bonds is 2. The molecule has 1 aliphatic heterocycles. The fourth-order valence-electron chi connectivity index (χ4n) is 1.92. The lowest BCUT2D eigenvalue weighted by molar-refractivity contribution is -0.126. The van der Waals surface area contributed by atoms with Gasteiger partial charge in [0.1, 0.15) is 0 Å². The van der Waals surface area contributed by atoms with Crippen LogP contribution in [0.25, 0.3) is 0 Å². The second-order valence-corrected chi connectivity index (χ2v) is 5.29. The number of carbonyl (C=O) groups excluding carboxylic acids is 2. The Morgan fingerprint density at radius 3 is 2.71 bits per heavy atom. The fourth-order valence-corrected chi connectivity index (χ4v) is 2.23. The van der Waals surface area contributed by atoms with Gasteiger partial charge in [-0.15, -0.1) is 0 Å². The van der Waals surface area contributed by atoms with E-state index < -0.39 is 5.41 Å². The summed E-state index contributed by atoms with van der Waals surface area (Å²) in [7, 11) is 0. The first-order valence-electron chi connectivity index (χ1n) is 5.27. The number of amides is 2. The topological polar surface area (TPSA) is 76.5 Å². The SMILES string of the molecule is CC1(C(N)=O)CCN(C(=O)c2ccc(Br)o2)C1. The van der Waals surface area contributed by atoms with Gasteiger partial charge in [-0.05, 0) is 41.4 Å². The summed E-state index contributed by atoms with van der Waals surface area (Å²) >= 11 is 3.14. The van der Waals surface area contributed by atoms with Gasteiger partial charge in [0.25, 0.3) is 5.91 Å². The van der Waals surface area contributed by atoms with Crippen LogP contribution >= 0.6 is 15.9 Å². The van der Waals surface area contributed by atoms with Gasteiger partial charge in [0.15, 0.2) is 10.4 Å². The highest BCUT2D eigenvalue weighted by Crippen LogP contribution is 2.30. The summed E-state index contributed by atoms with van der Waals surface area (Å²) in [6.45, 7) is 2.65. The maximum atomic E-state index is 12.0. The van der Waals surface area contributed by atoms with E-state index in [2.05, 4.69) is 15.9 Å². The van der Waals surface area contributed by atoms with Crippen LogP contribution < -0.4 is 5.73 Å². The van der Waals surface area contributed by atoms with Crippen LogP contribution in [0, 0.1) is 5.41 Å². The van der Waals surface area contributed by atoms with Crippen molar-refractivity contribution in [3.05, 3.63) is 22.6 Å².